The van der Waals surface area contributed by atoms with Crippen molar-refractivity contribution in [3.63, 3.8) is 0 Å². The molecular formula is C17H25NO2. The lowest BCUT2D eigenvalue weighted by Crippen LogP contribution is -2.18. The molecule has 2 unspecified atom stereocenters. The number of benzene rings is 1. The maximum absolute atomic E-state index is 10.8. The van der Waals surface area contributed by atoms with E-state index in [9.17, 15) is 4.79 Å². The highest BCUT2D eigenvalue weighted by Crippen LogP contribution is 2.28. The molecule has 0 heterocycles. The van der Waals surface area contributed by atoms with Gasteiger partial charge in [0.05, 0.1) is 5.56 Å². The van der Waals surface area contributed by atoms with Crippen molar-refractivity contribution in [3.05, 3.63) is 29.8 Å². The van der Waals surface area contributed by atoms with Crippen LogP contribution in [0.15, 0.2) is 24.3 Å². The number of nitrogens with one attached hydrogen (secondary N) is 1. The summed E-state index contributed by atoms with van der Waals surface area (Å²) < 4.78 is 0. The van der Waals surface area contributed by atoms with Gasteiger partial charge in [-0.2, -0.15) is 0 Å². The van der Waals surface area contributed by atoms with Crippen molar-refractivity contribution in [2.24, 2.45) is 5.92 Å². The van der Waals surface area contributed by atoms with E-state index in [4.69, 9.17) is 5.11 Å². The van der Waals surface area contributed by atoms with Crippen LogP contribution in [0.25, 0.3) is 0 Å². The van der Waals surface area contributed by atoms with E-state index in [0.717, 1.165) is 11.6 Å². The number of anilines is 1. The van der Waals surface area contributed by atoms with Gasteiger partial charge in [0.25, 0.3) is 0 Å². The summed E-state index contributed by atoms with van der Waals surface area (Å²) in [5.41, 5.74) is 1.38. The third-order valence-corrected chi connectivity index (χ3v) is 4.29. The van der Waals surface area contributed by atoms with Crippen LogP contribution in [-0.2, 0) is 0 Å². The normalized spacial score (nSPS) is 23.1. The smallest absolute Gasteiger partial charge is 0.335 e. The first-order chi connectivity index (χ1) is 9.69. The predicted molar refractivity (Wildman–Crippen MR) is 82.3 cm³/mol. The Morgan fingerprint density at radius 2 is 1.95 bits per heavy atom. The Kier molecular flexibility index (Phi) is 5.45. The summed E-state index contributed by atoms with van der Waals surface area (Å²) in [6, 6.07) is 7.62. The van der Waals surface area contributed by atoms with Crippen LogP contribution in [0.1, 0.15) is 62.2 Å². The van der Waals surface area contributed by atoms with Gasteiger partial charge in [0.1, 0.15) is 0 Å². The summed E-state index contributed by atoms with van der Waals surface area (Å²) in [5, 5.41) is 12.5. The number of hydrogen-bond donors (Lipinski definition) is 2. The Bertz CT molecular complexity index is 427. The highest BCUT2D eigenvalue weighted by atomic mass is 16.4. The lowest BCUT2D eigenvalue weighted by Gasteiger charge is -2.18. The minimum atomic E-state index is -0.867. The molecule has 1 fully saturated rings. The summed E-state index contributed by atoms with van der Waals surface area (Å²) in [7, 11) is 0. The zero-order chi connectivity index (χ0) is 14.4. The molecular weight excluding hydrogens is 250 g/mol. The van der Waals surface area contributed by atoms with Crippen LogP contribution in [-0.4, -0.2) is 17.1 Å². The number of rotatable bonds is 5. The Balaban J connectivity index is 1.88. The van der Waals surface area contributed by atoms with Gasteiger partial charge >= 0.3 is 5.97 Å². The lowest BCUT2D eigenvalue weighted by molar-refractivity contribution is 0.0697. The van der Waals surface area contributed by atoms with Crippen LogP contribution in [0.3, 0.4) is 0 Å². The number of carboxylic acids is 1. The van der Waals surface area contributed by atoms with Gasteiger partial charge < -0.3 is 10.4 Å². The van der Waals surface area contributed by atoms with Gasteiger partial charge in [-0.25, -0.2) is 4.79 Å². The van der Waals surface area contributed by atoms with Crippen LogP contribution in [0.4, 0.5) is 5.69 Å². The molecule has 3 heteroatoms. The molecule has 110 valence electrons. The SMILES string of the molecule is CCCC1CCCC(Nc2ccc(C(=O)O)cc2)CC1. The highest BCUT2D eigenvalue weighted by Gasteiger charge is 2.18. The van der Waals surface area contributed by atoms with E-state index in [2.05, 4.69) is 12.2 Å². The summed E-state index contributed by atoms with van der Waals surface area (Å²) in [6.07, 6.45) is 9.09. The summed E-state index contributed by atoms with van der Waals surface area (Å²) in [4.78, 5) is 10.8. The molecule has 20 heavy (non-hydrogen) atoms. The summed E-state index contributed by atoms with van der Waals surface area (Å²) >= 11 is 0. The van der Waals surface area contributed by atoms with Crippen molar-refractivity contribution in [2.45, 2.75) is 57.9 Å². The average Bonchev–Trinajstić information content (AvgIpc) is 2.66. The molecule has 0 amide bonds. The standard InChI is InChI=1S/C17H25NO2/c1-2-4-13-5-3-6-15(10-7-13)18-16-11-8-14(9-12-16)17(19)20/h8-9,11-13,15,18H,2-7,10H2,1H3,(H,19,20). The van der Waals surface area contributed by atoms with Gasteiger partial charge in [-0.3, -0.25) is 0 Å². The molecule has 0 aromatic heterocycles. The van der Waals surface area contributed by atoms with Crippen molar-refractivity contribution in [1.29, 1.82) is 0 Å². The zero-order valence-electron chi connectivity index (χ0n) is 12.3. The number of aromatic carboxylic acids is 1. The molecule has 1 aromatic carbocycles. The number of carboxylic acid groups (broad SMARTS) is 1. The van der Waals surface area contributed by atoms with Crippen LogP contribution in [0.5, 0.6) is 0 Å². The Labute approximate surface area is 121 Å². The fraction of sp³-hybridized carbons (Fsp3) is 0.588. The largest absolute Gasteiger partial charge is 0.478 e. The topological polar surface area (TPSA) is 49.3 Å². The maximum atomic E-state index is 10.8. The first-order valence-corrected chi connectivity index (χ1v) is 7.79. The van der Waals surface area contributed by atoms with Crippen molar-refractivity contribution in [3.8, 4) is 0 Å². The van der Waals surface area contributed by atoms with Gasteiger partial charge in [0.15, 0.2) is 0 Å². The fourth-order valence-electron chi connectivity index (χ4n) is 3.16. The van der Waals surface area contributed by atoms with Crippen molar-refractivity contribution >= 4 is 11.7 Å². The number of hydrogen-bond acceptors (Lipinski definition) is 2. The second kappa shape index (κ2) is 7.32. The van der Waals surface area contributed by atoms with Crippen LogP contribution >= 0.6 is 0 Å². The average molecular weight is 275 g/mol. The molecule has 0 radical (unpaired) electrons. The molecule has 1 aromatic rings. The molecule has 2 rings (SSSR count). The fourth-order valence-corrected chi connectivity index (χ4v) is 3.16. The summed E-state index contributed by atoms with van der Waals surface area (Å²) in [6.45, 7) is 2.27. The minimum absolute atomic E-state index is 0.347. The summed E-state index contributed by atoms with van der Waals surface area (Å²) in [5.74, 6) is 0.0367. The van der Waals surface area contributed by atoms with E-state index < -0.39 is 5.97 Å². The monoisotopic (exact) mass is 275 g/mol. The first-order valence-electron chi connectivity index (χ1n) is 7.79. The van der Waals surface area contributed by atoms with E-state index >= 15 is 0 Å². The van der Waals surface area contributed by atoms with Gasteiger partial charge in [-0.15, -0.1) is 0 Å². The Morgan fingerprint density at radius 3 is 2.60 bits per heavy atom. The second-order valence-electron chi connectivity index (χ2n) is 5.89. The van der Waals surface area contributed by atoms with E-state index in [-0.39, 0.29) is 0 Å². The van der Waals surface area contributed by atoms with E-state index in [0.29, 0.717) is 11.6 Å². The predicted octanol–water partition coefficient (Wildman–Crippen LogP) is 4.55. The van der Waals surface area contributed by atoms with Gasteiger partial charge in [-0.05, 0) is 49.4 Å². The maximum Gasteiger partial charge on any atom is 0.335 e. The van der Waals surface area contributed by atoms with E-state index in [1.807, 2.05) is 12.1 Å². The van der Waals surface area contributed by atoms with Gasteiger partial charge in [0.2, 0.25) is 0 Å². The molecule has 2 N–H and O–H groups in total. The van der Waals surface area contributed by atoms with Crippen LogP contribution in [0.2, 0.25) is 0 Å². The zero-order valence-corrected chi connectivity index (χ0v) is 12.3. The highest BCUT2D eigenvalue weighted by molar-refractivity contribution is 5.87. The Hall–Kier alpha value is -1.51. The minimum Gasteiger partial charge on any atom is -0.478 e. The van der Waals surface area contributed by atoms with E-state index in [1.54, 1.807) is 12.1 Å². The van der Waals surface area contributed by atoms with Crippen molar-refractivity contribution in [2.75, 3.05) is 5.32 Å². The van der Waals surface area contributed by atoms with E-state index in [1.165, 1.54) is 44.9 Å². The number of carbonyl (C=O) groups is 1. The van der Waals surface area contributed by atoms with Crippen LogP contribution in [0, 0.1) is 5.92 Å². The molecule has 0 saturated heterocycles. The molecule has 0 bridgehead atoms. The van der Waals surface area contributed by atoms with Gasteiger partial charge in [-0.1, -0.05) is 32.6 Å². The molecule has 1 saturated carbocycles. The first kappa shape index (κ1) is 14.9. The molecule has 3 nitrogen and oxygen atoms in total. The van der Waals surface area contributed by atoms with Crippen molar-refractivity contribution in [1.82, 2.24) is 0 Å². The molecule has 0 aliphatic heterocycles. The molecule has 1 aliphatic carbocycles. The molecule has 2 atom stereocenters. The van der Waals surface area contributed by atoms with Crippen LogP contribution < -0.4 is 5.32 Å². The van der Waals surface area contributed by atoms with Gasteiger partial charge in [0, 0.05) is 11.7 Å². The van der Waals surface area contributed by atoms with Crippen molar-refractivity contribution < 1.29 is 9.90 Å². The molecule has 0 spiro atoms. The second-order valence-corrected chi connectivity index (χ2v) is 5.89. The Morgan fingerprint density at radius 1 is 1.20 bits per heavy atom. The quantitative estimate of drug-likeness (QED) is 0.775. The third-order valence-electron chi connectivity index (χ3n) is 4.29. The lowest BCUT2D eigenvalue weighted by atomic mass is 9.95. The molecule has 1 aliphatic rings. The third kappa shape index (κ3) is 4.26.